The lowest BCUT2D eigenvalue weighted by Crippen LogP contribution is -2.36. The van der Waals surface area contributed by atoms with Gasteiger partial charge in [-0.25, -0.2) is 9.97 Å². The molecule has 149 valence electrons. The molecule has 10 nitrogen and oxygen atoms in total. The molecule has 1 unspecified atom stereocenters. The van der Waals surface area contributed by atoms with Crippen molar-refractivity contribution in [1.29, 1.82) is 5.26 Å². The number of nitriles is 1. The summed E-state index contributed by atoms with van der Waals surface area (Å²) < 4.78 is 5.28. The van der Waals surface area contributed by atoms with Gasteiger partial charge in [-0.3, -0.25) is 5.32 Å². The van der Waals surface area contributed by atoms with Crippen LogP contribution in [0.15, 0.2) is 28.8 Å². The molecule has 0 aliphatic carbocycles. The molecule has 1 aliphatic heterocycles. The van der Waals surface area contributed by atoms with Crippen LogP contribution in [0.2, 0.25) is 0 Å². The van der Waals surface area contributed by atoms with E-state index in [2.05, 4.69) is 31.6 Å². The number of nitrogens with zero attached hydrogens (tertiary/aromatic N) is 6. The average molecular weight is 402 g/mol. The van der Waals surface area contributed by atoms with Crippen molar-refractivity contribution in [3.63, 3.8) is 0 Å². The molecule has 3 aromatic rings. The molecule has 1 aliphatic rings. The monoisotopic (exact) mass is 402 g/mol. The third-order valence-electron chi connectivity index (χ3n) is 4.97. The van der Waals surface area contributed by atoms with Gasteiger partial charge >= 0.3 is 13.4 Å². The molecule has 0 amide bonds. The summed E-state index contributed by atoms with van der Waals surface area (Å²) in [5.74, 6) is 0.668. The zero-order chi connectivity index (χ0) is 21.3. The summed E-state index contributed by atoms with van der Waals surface area (Å²) >= 11 is 0. The molecule has 2 aromatic heterocycles. The Hall–Kier alpha value is -3.78. The molecule has 4 rings (SSSR count). The Bertz CT molecular complexity index is 1160. The maximum absolute atomic E-state index is 11.1. The Labute approximate surface area is 172 Å². The quantitative estimate of drug-likeness (QED) is 0.458. The van der Waals surface area contributed by atoms with Crippen molar-refractivity contribution in [2.75, 3.05) is 23.3 Å². The number of aromatic nitrogens is 4. The number of hydrogen-bond acceptors (Lipinski definition) is 10. The van der Waals surface area contributed by atoms with E-state index in [0.29, 0.717) is 41.1 Å². The lowest BCUT2D eigenvalue weighted by atomic mass is 9.83. The number of aryl methyl sites for hydroxylation is 1. The maximum atomic E-state index is 11.1. The van der Waals surface area contributed by atoms with Gasteiger partial charge in [-0.15, -0.1) is 5.10 Å². The Balaban J connectivity index is 1.78. The number of hydrogen-bond donors (Lipinski definition) is 2. The van der Waals surface area contributed by atoms with Crippen LogP contribution in [0.25, 0.3) is 11.3 Å². The van der Waals surface area contributed by atoms with E-state index in [1.165, 1.54) is 7.41 Å². The van der Waals surface area contributed by atoms with Crippen LogP contribution >= 0.6 is 0 Å². The summed E-state index contributed by atoms with van der Waals surface area (Å²) in [5, 5.41) is 30.2. The van der Waals surface area contributed by atoms with Crippen molar-refractivity contribution >= 4 is 31.3 Å². The first kappa shape index (κ1) is 19.5. The van der Waals surface area contributed by atoms with E-state index >= 15 is 0 Å². The zero-order valence-corrected chi connectivity index (χ0v) is 16.3. The standard InChI is InChI=1S/C19H17BN7O3/c1-11-25-26-18(30-11)24-17-22-4-3-15(23-17)12-5-13(7-21)16-14(6-12)19(2,9-28)8-27(16)20-10-29/h3-6,10,28H,8-9H2,1-2H3,(H,22,23,24,26). The molecule has 0 saturated carbocycles. The lowest BCUT2D eigenvalue weighted by Gasteiger charge is -2.23. The Morgan fingerprint density at radius 3 is 2.97 bits per heavy atom. The number of aliphatic hydroxyl groups excluding tert-OH is 1. The van der Waals surface area contributed by atoms with Gasteiger partial charge in [0.1, 0.15) is 12.3 Å². The fourth-order valence-corrected chi connectivity index (χ4v) is 3.54. The molecule has 2 N–H and O–H groups in total. The van der Waals surface area contributed by atoms with Crippen LogP contribution < -0.4 is 10.1 Å². The smallest absolute Gasteiger partial charge is 0.329 e. The molecule has 1 aromatic carbocycles. The minimum absolute atomic E-state index is 0.134. The maximum Gasteiger partial charge on any atom is 0.329 e. The Morgan fingerprint density at radius 2 is 2.30 bits per heavy atom. The molecule has 0 saturated heterocycles. The molecule has 1 atom stereocenters. The van der Waals surface area contributed by atoms with Crippen molar-refractivity contribution < 1.29 is 14.3 Å². The highest BCUT2D eigenvalue weighted by Crippen LogP contribution is 2.44. The summed E-state index contributed by atoms with van der Waals surface area (Å²) in [4.78, 5) is 21.4. The van der Waals surface area contributed by atoms with Gasteiger partial charge in [0.2, 0.25) is 11.8 Å². The van der Waals surface area contributed by atoms with Gasteiger partial charge in [0, 0.05) is 36.3 Å². The fourth-order valence-electron chi connectivity index (χ4n) is 3.54. The molecule has 3 heterocycles. The second kappa shape index (κ2) is 7.57. The van der Waals surface area contributed by atoms with Crippen molar-refractivity contribution in [2.45, 2.75) is 19.3 Å². The highest BCUT2D eigenvalue weighted by molar-refractivity contribution is 6.70. The van der Waals surface area contributed by atoms with Crippen LogP contribution in [0.4, 0.5) is 17.7 Å². The molecule has 0 bridgehead atoms. The summed E-state index contributed by atoms with van der Waals surface area (Å²) in [5.41, 5.74) is 2.41. The average Bonchev–Trinajstić information content (AvgIpc) is 3.29. The molecule has 11 heteroatoms. The van der Waals surface area contributed by atoms with Gasteiger partial charge in [-0.05, 0) is 23.8 Å². The lowest BCUT2D eigenvalue weighted by molar-refractivity contribution is 0.217. The number of anilines is 3. The van der Waals surface area contributed by atoms with E-state index in [1.807, 2.05) is 13.0 Å². The van der Waals surface area contributed by atoms with Crippen LogP contribution in [0.1, 0.15) is 23.9 Å². The van der Waals surface area contributed by atoms with E-state index in [1.54, 1.807) is 30.1 Å². The SMILES string of the molecule is Cc1nnc(Nc2nccc(-c3cc(C#N)c4c(c3)C(C)(CO)CN4[B]C=O)n2)o1. The van der Waals surface area contributed by atoms with Gasteiger partial charge in [-0.2, -0.15) is 5.26 Å². The Kier molecular flexibility index (Phi) is 4.93. The summed E-state index contributed by atoms with van der Waals surface area (Å²) in [6.45, 7) is 3.82. The van der Waals surface area contributed by atoms with Crippen LogP contribution in [0.3, 0.4) is 0 Å². The van der Waals surface area contributed by atoms with Crippen molar-refractivity contribution in [1.82, 2.24) is 20.2 Å². The van der Waals surface area contributed by atoms with Crippen LogP contribution in [0, 0.1) is 18.3 Å². The first-order valence-corrected chi connectivity index (χ1v) is 9.13. The fraction of sp³-hybridized carbons (Fsp3) is 0.263. The first-order valence-electron chi connectivity index (χ1n) is 9.13. The van der Waals surface area contributed by atoms with Crippen LogP contribution in [-0.4, -0.2) is 52.0 Å². The number of nitrogens with one attached hydrogen (secondary N) is 1. The predicted molar refractivity (Wildman–Crippen MR) is 109 cm³/mol. The molecule has 30 heavy (non-hydrogen) atoms. The van der Waals surface area contributed by atoms with Crippen LogP contribution in [-0.2, 0) is 10.2 Å². The molecule has 0 spiro atoms. The van der Waals surface area contributed by atoms with Crippen molar-refractivity contribution in [3.05, 3.63) is 41.4 Å². The molecule has 0 fully saturated rings. The molecule has 1 radical (unpaired) electrons. The topological polar surface area (TPSA) is 141 Å². The van der Waals surface area contributed by atoms with Gasteiger partial charge in [-0.1, -0.05) is 12.0 Å². The van der Waals surface area contributed by atoms with E-state index in [9.17, 15) is 15.2 Å². The summed E-state index contributed by atoms with van der Waals surface area (Å²) in [6.07, 6.45) is 2.24. The van der Waals surface area contributed by atoms with Crippen LogP contribution in [0.5, 0.6) is 0 Å². The van der Waals surface area contributed by atoms with Gasteiger partial charge in [0.05, 0.1) is 17.9 Å². The van der Waals surface area contributed by atoms with Crippen molar-refractivity contribution in [3.8, 4) is 17.3 Å². The largest absolute Gasteiger partial charge is 0.410 e. The normalized spacial score (nSPS) is 17.3. The summed E-state index contributed by atoms with van der Waals surface area (Å²) in [7, 11) is 1.37. The summed E-state index contributed by atoms with van der Waals surface area (Å²) in [6, 6.07) is 7.67. The Morgan fingerprint density at radius 1 is 1.47 bits per heavy atom. The van der Waals surface area contributed by atoms with E-state index < -0.39 is 5.41 Å². The second-order valence-electron chi connectivity index (χ2n) is 7.18. The zero-order valence-electron chi connectivity index (χ0n) is 16.3. The van der Waals surface area contributed by atoms with Gasteiger partial charge in [0.15, 0.2) is 0 Å². The van der Waals surface area contributed by atoms with E-state index in [0.717, 1.165) is 5.56 Å². The van der Waals surface area contributed by atoms with Gasteiger partial charge in [0.25, 0.3) is 0 Å². The number of carbonyl (C=O) groups is 1. The third-order valence-corrected chi connectivity index (χ3v) is 4.97. The number of benzene rings is 1. The molecular formula is C19H17BN7O3. The number of fused-ring (bicyclic) bond motifs is 1. The van der Waals surface area contributed by atoms with E-state index in [-0.39, 0.29) is 18.6 Å². The number of rotatable bonds is 6. The minimum Gasteiger partial charge on any atom is -0.410 e. The number of carbonyl (C=O) groups excluding carboxylic acids is 1. The molecular weight excluding hydrogens is 385 g/mol. The van der Waals surface area contributed by atoms with Gasteiger partial charge < -0.3 is 19.1 Å². The second-order valence-corrected chi connectivity index (χ2v) is 7.18. The highest BCUT2D eigenvalue weighted by Gasteiger charge is 2.40. The minimum atomic E-state index is -0.633. The van der Waals surface area contributed by atoms with E-state index in [4.69, 9.17) is 4.42 Å². The predicted octanol–water partition coefficient (Wildman–Crippen LogP) is 1.33. The number of aliphatic hydroxyl groups is 1. The first-order chi connectivity index (χ1) is 14.5. The third kappa shape index (κ3) is 3.37. The highest BCUT2D eigenvalue weighted by atomic mass is 16.4. The van der Waals surface area contributed by atoms with Crippen molar-refractivity contribution in [2.24, 2.45) is 0 Å².